The second-order valence-electron chi connectivity index (χ2n) is 10.1. The third-order valence-electron chi connectivity index (χ3n) is 7.86. The molecule has 0 N–H and O–H groups in total. The van der Waals surface area contributed by atoms with Crippen molar-refractivity contribution in [2.24, 2.45) is 0 Å². The Morgan fingerprint density at radius 1 is 0.500 bits per heavy atom. The fraction of sp³-hybridized carbons (Fsp3) is 0.0625. The quantitative estimate of drug-likeness (QED) is 0.0859. The van der Waals surface area contributed by atoms with Crippen LogP contribution in [0.25, 0.3) is 43.1 Å². The Kier molecular flexibility index (Phi) is 3.77. The number of carbonyl (C=O) groups excluding carboxylic acids is 4. The van der Waals surface area contributed by atoms with Gasteiger partial charge in [-0.1, -0.05) is 30.3 Å². The highest BCUT2D eigenvalue weighted by atomic mass is 16.6. The van der Waals surface area contributed by atoms with Gasteiger partial charge in [-0.15, -0.1) is 0 Å². The Hall–Kier alpha value is -5.10. The maximum atomic E-state index is 13.8. The molecule has 0 bridgehead atoms. The first-order valence-electron chi connectivity index (χ1n) is 12.3. The lowest BCUT2D eigenvalue weighted by Crippen LogP contribution is -2.40. The molecule has 0 fully saturated rings. The lowest BCUT2D eigenvalue weighted by Gasteiger charge is -2.29. The van der Waals surface area contributed by atoms with Gasteiger partial charge >= 0.3 is 11.9 Å². The molecule has 2 aliphatic rings. The maximum absolute atomic E-state index is 13.8. The number of hydrogen-bond acceptors (Lipinski definition) is 5. The standard InChI is InChI=1S/C32H17NO5/c1-14-11-15(2)13-16(12-14)33-29(34)21-7-3-17-19-5-9-23-28-24(32(37)38-31(23)36)10-6-20(26(19)28)18-4-8-22(30(33)35)27(21)25(17)18/h3-13H,1-2H3. The fourth-order valence-corrected chi connectivity index (χ4v) is 6.43. The molecule has 0 unspecified atom stereocenters. The molecule has 2 aliphatic heterocycles. The lowest BCUT2D eigenvalue weighted by atomic mass is 9.83. The minimum absolute atomic E-state index is 0.351. The lowest BCUT2D eigenvalue weighted by molar-refractivity contribution is 0.0390. The molecule has 2 amide bonds. The van der Waals surface area contributed by atoms with Crippen LogP contribution < -0.4 is 4.90 Å². The van der Waals surface area contributed by atoms with Gasteiger partial charge in [0.15, 0.2) is 0 Å². The summed E-state index contributed by atoms with van der Waals surface area (Å²) in [7, 11) is 0. The summed E-state index contributed by atoms with van der Waals surface area (Å²) < 4.78 is 4.94. The second-order valence-corrected chi connectivity index (χ2v) is 10.1. The third-order valence-corrected chi connectivity index (χ3v) is 7.86. The van der Waals surface area contributed by atoms with E-state index in [1.54, 1.807) is 24.3 Å². The molecule has 0 aliphatic carbocycles. The van der Waals surface area contributed by atoms with Crippen LogP contribution in [0.15, 0.2) is 66.7 Å². The van der Waals surface area contributed by atoms with E-state index in [1.807, 2.05) is 56.3 Å². The van der Waals surface area contributed by atoms with Crippen molar-refractivity contribution < 1.29 is 23.9 Å². The van der Waals surface area contributed by atoms with Crippen LogP contribution in [-0.4, -0.2) is 23.8 Å². The van der Waals surface area contributed by atoms with E-state index in [0.29, 0.717) is 38.7 Å². The molecule has 0 saturated heterocycles. The third kappa shape index (κ3) is 2.42. The number of benzene rings is 6. The molecule has 2 heterocycles. The van der Waals surface area contributed by atoms with Gasteiger partial charge in [0.2, 0.25) is 0 Å². The largest absolute Gasteiger partial charge is 0.386 e. The zero-order valence-corrected chi connectivity index (χ0v) is 20.3. The Morgan fingerprint density at radius 2 is 0.895 bits per heavy atom. The van der Waals surface area contributed by atoms with Crippen LogP contribution in [0.4, 0.5) is 5.69 Å². The Morgan fingerprint density at radius 3 is 1.34 bits per heavy atom. The van der Waals surface area contributed by atoms with Gasteiger partial charge in [0.25, 0.3) is 11.8 Å². The number of aryl methyl sites for hydroxylation is 2. The van der Waals surface area contributed by atoms with E-state index in [-0.39, 0.29) is 11.8 Å². The SMILES string of the molecule is Cc1cc(C)cc(N2C(=O)c3ccc4c5ccc6c7c(ccc(c8ccc(c3c48)C2=O)c75)C(=O)OC6=O)c1. The zero-order chi connectivity index (χ0) is 26.0. The second kappa shape index (κ2) is 6.81. The average Bonchev–Trinajstić information content (AvgIpc) is 2.89. The van der Waals surface area contributed by atoms with Gasteiger partial charge in [-0.05, 0) is 93.7 Å². The van der Waals surface area contributed by atoms with Crippen LogP contribution in [0.2, 0.25) is 0 Å². The van der Waals surface area contributed by atoms with Crippen molar-refractivity contribution in [1.82, 2.24) is 0 Å². The van der Waals surface area contributed by atoms with Crippen LogP contribution in [0.3, 0.4) is 0 Å². The number of imide groups is 1. The summed E-state index contributed by atoms with van der Waals surface area (Å²) in [5, 5.41) is 6.21. The van der Waals surface area contributed by atoms with E-state index in [1.165, 1.54) is 4.90 Å². The molecule has 0 aromatic heterocycles. The highest BCUT2D eigenvalue weighted by Crippen LogP contribution is 2.46. The van der Waals surface area contributed by atoms with Crippen molar-refractivity contribution in [2.45, 2.75) is 13.8 Å². The van der Waals surface area contributed by atoms with E-state index in [4.69, 9.17) is 4.74 Å². The van der Waals surface area contributed by atoms with Crippen LogP contribution >= 0.6 is 0 Å². The molecular weight excluding hydrogens is 478 g/mol. The summed E-state index contributed by atoms with van der Waals surface area (Å²) >= 11 is 0. The highest BCUT2D eigenvalue weighted by Gasteiger charge is 2.36. The molecule has 38 heavy (non-hydrogen) atoms. The molecule has 6 heteroatoms. The van der Waals surface area contributed by atoms with Crippen molar-refractivity contribution in [2.75, 3.05) is 4.90 Å². The first-order valence-corrected chi connectivity index (χ1v) is 12.3. The fourth-order valence-electron chi connectivity index (χ4n) is 6.43. The number of cyclic esters (lactones) is 2. The Labute approximate surface area is 215 Å². The summed E-state index contributed by atoms with van der Waals surface area (Å²) in [6.45, 7) is 3.88. The molecule has 0 radical (unpaired) electrons. The van der Waals surface area contributed by atoms with Crippen LogP contribution in [0.1, 0.15) is 52.6 Å². The monoisotopic (exact) mass is 495 g/mol. The first kappa shape index (κ1) is 21.0. The van der Waals surface area contributed by atoms with Crippen molar-refractivity contribution in [1.29, 1.82) is 0 Å². The number of rotatable bonds is 1. The number of carbonyl (C=O) groups is 4. The molecule has 6 aromatic rings. The molecule has 6 aromatic carbocycles. The van der Waals surface area contributed by atoms with Gasteiger partial charge in [-0.25, -0.2) is 14.5 Å². The molecule has 0 atom stereocenters. The van der Waals surface area contributed by atoms with E-state index >= 15 is 0 Å². The molecule has 6 nitrogen and oxygen atoms in total. The van der Waals surface area contributed by atoms with Crippen molar-refractivity contribution in [3.63, 3.8) is 0 Å². The number of amides is 2. The first-order chi connectivity index (χ1) is 18.3. The van der Waals surface area contributed by atoms with Crippen molar-refractivity contribution in [3.05, 3.63) is 100 Å². The zero-order valence-electron chi connectivity index (χ0n) is 20.3. The number of anilines is 1. The Balaban J connectivity index is 1.49. The summed E-state index contributed by atoms with van der Waals surface area (Å²) in [6.07, 6.45) is 0. The smallest absolute Gasteiger partial charge is 0.346 e. The molecule has 0 spiro atoms. The van der Waals surface area contributed by atoms with Gasteiger partial charge in [0.05, 0.1) is 16.8 Å². The van der Waals surface area contributed by atoms with E-state index in [0.717, 1.165) is 43.4 Å². The predicted molar refractivity (Wildman–Crippen MR) is 144 cm³/mol. The van der Waals surface area contributed by atoms with Gasteiger partial charge in [-0.2, -0.15) is 0 Å². The van der Waals surface area contributed by atoms with Crippen molar-refractivity contribution >= 4 is 72.5 Å². The van der Waals surface area contributed by atoms with Gasteiger partial charge in [0, 0.05) is 21.9 Å². The number of esters is 2. The molecular formula is C32H17NO5. The van der Waals surface area contributed by atoms with Gasteiger partial charge in [-0.3, -0.25) is 9.59 Å². The normalized spacial score (nSPS) is 14.9. The minimum atomic E-state index is -0.662. The maximum Gasteiger partial charge on any atom is 0.346 e. The van der Waals surface area contributed by atoms with Gasteiger partial charge < -0.3 is 4.74 Å². The van der Waals surface area contributed by atoms with E-state index in [2.05, 4.69) is 0 Å². The molecule has 8 rings (SSSR count). The topological polar surface area (TPSA) is 80.8 Å². The van der Waals surface area contributed by atoms with E-state index in [9.17, 15) is 19.2 Å². The predicted octanol–water partition coefficient (Wildman–Crippen LogP) is 6.47. The molecule has 180 valence electrons. The summed E-state index contributed by atoms with van der Waals surface area (Å²) in [4.78, 5) is 54.0. The van der Waals surface area contributed by atoms with Crippen LogP contribution in [0, 0.1) is 13.8 Å². The summed E-state index contributed by atoms with van der Waals surface area (Å²) in [6, 6.07) is 20.1. The van der Waals surface area contributed by atoms with Crippen molar-refractivity contribution in [3.8, 4) is 0 Å². The average molecular weight is 495 g/mol. The summed E-state index contributed by atoms with van der Waals surface area (Å²) in [5.41, 5.74) is 4.12. The summed E-state index contributed by atoms with van der Waals surface area (Å²) in [5.74, 6) is -2.05. The number of hydrogen-bond donors (Lipinski definition) is 0. The number of ether oxygens (including phenoxy) is 1. The number of nitrogens with zero attached hydrogens (tertiary/aromatic N) is 1. The van der Waals surface area contributed by atoms with Crippen LogP contribution in [0.5, 0.6) is 0 Å². The van der Waals surface area contributed by atoms with E-state index < -0.39 is 11.9 Å². The number of fused-ring (bicyclic) bond motifs is 2. The van der Waals surface area contributed by atoms with Gasteiger partial charge in [0.1, 0.15) is 0 Å². The minimum Gasteiger partial charge on any atom is -0.386 e. The van der Waals surface area contributed by atoms with Crippen LogP contribution in [-0.2, 0) is 4.74 Å². The Bertz CT molecular complexity index is 2020. The molecule has 0 saturated carbocycles. The highest BCUT2D eigenvalue weighted by molar-refractivity contribution is 6.43.